The van der Waals surface area contributed by atoms with Gasteiger partial charge in [-0.05, 0) is 37.7 Å². The molecule has 0 saturated carbocycles. The Hall–Kier alpha value is -1.75. The summed E-state index contributed by atoms with van der Waals surface area (Å²) >= 11 is 0. The van der Waals surface area contributed by atoms with Gasteiger partial charge in [-0.15, -0.1) is 0 Å². The molecule has 0 saturated heterocycles. The van der Waals surface area contributed by atoms with Crippen molar-refractivity contribution in [2.24, 2.45) is 0 Å². The largest absolute Gasteiger partial charge is 0.459 e. The van der Waals surface area contributed by atoms with Crippen molar-refractivity contribution in [3.8, 4) is 11.3 Å². The van der Waals surface area contributed by atoms with Crippen molar-refractivity contribution in [1.29, 1.82) is 0 Å². The quantitative estimate of drug-likeness (QED) is 0.847. The number of halogens is 3. The molecule has 0 aliphatic carbocycles. The summed E-state index contributed by atoms with van der Waals surface area (Å²) in [5.41, 5.74) is 0.175. The molecule has 0 bridgehead atoms. The first-order valence-corrected chi connectivity index (χ1v) is 5.98. The Labute approximate surface area is 109 Å². The van der Waals surface area contributed by atoms with E-state index in [9.17, 15) is 13.2 Å². The van der Waals surface area contributed by atoms with Crippen LogP contribution in [0.15, 0.2) is 28.7 Å². The second kappa shape index (κ2) is 5.48. The van der Waals surface area contributed by atoms with Crippen LogP contribution in [-0.4, -0.2) is 7.05 Å². The number of benzene rings is 1. The molecular weight excluding hydrogens is 255 g/mol. The van der Waals surface area contributed by atoms with Gasteiger partial charge in [0.1, 0.15) is 11.5 Å². The number of hydrogen-bond donors (Lipinski definition) is 1. The van der Waals surface area contributed by atoms with Crippen LogP contribution in [0.25, 0.3) is 11.3 Å². The number of nitrogens with one attached hydrogen (secondary N) is 1. The number of hydrogen-bond acceptors (Lipinski definition) is 2. The van der Waals surface area contributed by atoms with Crippen LogP contribution in [0.2, 0.25) is 0 Å². The Kier molecular flexibility index (Phi) is 3.95. The van der Waals surface area contributed by atoms with Gasteiger partial charge in [0.05, 0.1) is 6.04 Å². The van der Waals surface area contributed by atoms with Gasteiger partial charge in [0.25, 0.3) is 0 Å². The fourth-order valence-electron chi connectivity index (χ4n) is 1.94. The molecule has 1 unspecified atom stereocenters. The molecular formula is C14H14F3NO. The summed E-state index contributed by atoms with van der Waals surface area (Å²) in [6, 6.07) is 5.22. The SMILES string of the molecule is CCC(NC)c1ccc(-c2cc(F)c(F)c(F)c2)o1. The lowest BCUT2D eigenvalue weighted by Gasteiger charge is -2.10. The highest BCUT2D eigenvalue weighted by molar-refractivity contribution is 5.58. The molecule has 0 fully saturated rings. The standard InChI is InChI=1S/C14H14F3NO/c1-3-11(18-2)13-5-4-12(19-13)8-6-9(15)14(17)10(16)7-8/h4-7,11,18H,3H2,1-2H3. The molecule has 0 spiro atoms. The maximum absolute atomic E-state index is 13.2. The molecule has 1 atom stereocenters. The predicted molar refractivity (Wildman–Crippen MR) is 66.1 cm³/mol. The normalized spacial score (nSPS) is 12.7. The molecule has 2 nitrogen and oxygen atoms in total. The Morgan fingerprint density at radius 1 is 1.16 bits per heavy atom. The summed E-state index contributed by atoms with van der Waals surface area (Å²) < 4.78 is 44.7. The third kappa shape index (κ3) is 2.66. The smallest absolute Gasteiger partial charge is 0.194 e. The molecule has 0 radical (unpaired) electrons. The van der Waals surface area contributed by atoms with Crippen molar-refractivity contribution in [2.45, 2.75) is 19.4 Å². The van der Waals surface area contributed by atoms with Crippen LogP contribution in [0.5, 0.6) is 0 Å². The van der Waals surface area contributed by atoms with Gasteiger partial charge in [-0.2, -0.15) is 0 Å². The lowest BCUT2D eigenvalue weighted by Crippen LogP contribution is -2.14. The molecule has 0 amide bonds. The minimum Gasteiger partial charge on any atom is -0.459 e. The van der Waals surface area contributed by atoms with Gasteiger partial charge in [-0.3, -0.25) is 0 Å². The van der Waals surface area contributed by atoms with E-state index in [1.165, 1.54) is 0 Å². The maximum atomic E-state index is 13.2. The topological polar surface area (TPSA) is 25.2 Å². The Balaban J connectivity index is 2.38. The summed E-state index contributed by atoms with van der Waals surface area (Å²) in [4.78, 5) is 0. The van der Waals surface area contributed by atoms with Crippen LogP contribution in [0.3, 0.4) is 0 Å². The molecule has 102 valence electrons. The van der Waals surface area contributed by atoms with Crippen LogP contribution in [-0.2, 0) is 0 Å². The van der Waals surface area contributed by atoms with E-state index in [0.29, 0.717) is 11.5 Å². The van der Waals surface area contributed by atoms with Crippen molar-refractivity contribution in [3.63, 3.8) is 0 Å². The van der Waals surface area contributed by atoms with Gasteiger partial charge >= 0.3 is 0 Å². The lowest BCUT2D eigenvalue weighted by molar-refractivity contribution is 0.428. The van der Waals surface area contributed by atoms with E-state index >= 15 is 0 Å². The number of furan rings is 1. The van der Waals surface area contributed by atoms with Gasteiger partial charge < -0.3 is 9.73 Å². The van der Waals surface area contributed by atoms with Crippen molar-refractivity contribution in [2.75, 3.05) is 7.05 Å². The molecule has 0 aliphatic rings. The fraction of sp³-hybridized carbons (Fsp3) is 0.286. The number of rotatable bonds is 4. The minimum absolute atomic E-state index is 0.0314. The second-order valence-electron chi connectivity index (χ2n) is 4.21. The molecule has 1 N–H and O–H groups in total. The fourth-order valence-corrected chi connectivity index (χ4v) is 1.94. The zero-order valence-corrected chi connectivity index (χ0v) is 10.6. The molecule has 1 aromatic heterocycles. The highest BCUT2D eigenvalue weighted by atomic mass is 19.2. The van der Waals surface area contributed by atoms with Gasteiger partial charge in [-0.25, -0.2) is 13.2 Å². The third-order valence-electron chi connectivity index (χ3n) is 3.00. The summed E-state index contributed by atoms with van der Waals surface area (Å²) in [7, 11) is 1.80. The minimum atomic E-state index is -1.47. The Morgan fingerprint density at radius 3 is 2.32 bits per heavy atom. The molecule has 19 heavy (non-hydrogen) atoms. The first-order chi connectivity index (χ1) is 9.06. The zero-order chi connectivity index (χ0) is 14.0. The van der Waals surface area contributed by atoms with Crippen molar-refractivity contribution < 1.29 is 17.6 Å². The van der Waals surface area contributed by atoms with E-state index in [4.69, 9.17) is 4.42 Å². The molecule has 1 heterocycles. The molecule has 5 heteroatoms. The average Bonchev–Trinajstić information content (AvgIpc) is 2.86. The summed E-state index contributed by atoms with van der Waals surface area (Å²) in [6.07, 6.45) is 0.815. The maximum Gasteiger partial charge on any atom is 0.194 e. The first-order valence-electron chi connectivity index (χ1n) is 5.98. The summed E-state index contributed by atoms with van der Waals surface area (Å²) in [6.45, 7) is 1.99. The van der Waals surface area contributed by atoms with Crippen LogP contribution in [0.1, 0.15) is 25.1 Å². The van der Waals surface area contributed by atoms with E-state index in [1.54, 1.807) is 19.2 Å². The summed E-state index contributed by atoms with van der Waals surface area (Å²) in [5.74, 6) is -2.95. The van der Waals surface area contributed by atoms with Crippen LogP contribution < -0.4 is 5.32 Å². The molecule has 1 aromatic carbocycles. The van der Waals surface area contributed by atoms with E-state index in [1.807, 2.05) is 6.92 Å². The zero-order valence-electron chi connectivity index (χ0n) is 10.6. The third-order valence-corrected chi connectivity index (χ3v) is 3.00. The highest BCUT2D eigenvalue weighted by Crippen LogP contribution is 2.28. The molecule has 2 rings (SSSR count). The molecule has 0 aliphatic heterocycles. The van der Waals surface area contributed by atoms with E-state index in [-0.39, 0.29) is 11.6 Å². The van der Waals surface area contributed by atoms with Gasteiger partial charge in [-0.1, -0.05) is 6.92 Å². The Morgan fingerprint density at radius 2 is 1.79 bits per heavy atom. The van der Waals surface area contributed by atoms with Crippen molar-refractivity contribution >= 4 is 0 Å². The first kappa shape index (κ1) is 13.7. The van der Waals surface area contributed by atoms with Crippen molar-refractivity contribution in [3.05, 3.63) is 47.5 Å². The molecule has 2 aromatic rings. The van der Waals surface area contributed by atoms with E-state index < -0.39 is 17.5 Å². The van der Waals surface area contributed by atoms with E-state index in [2.05, 4.69) is 5.32 Å². The van der Waals surface area contributed by atoms with Gasteiger partial charge in [0, 0.05) is 5.56 Å². The van der Waals surface area contributed by atoms with E-state index in [0.717, 1.165) is 18.6 Å². The lowest BCUT2D eigenvalue weighted by atomic mass is 10.1. The summed E-state index contributed by atoms with van der Waals surface area (Å²) in [5, 5.41) is 3.06. The van der Waals surface area contributed by atoms with Gasteiger partial charge in [0.2, 0.25) is 0 Å². The Bertz CT molecular complexity index is 553. The van der Waals surface area contributed by atoms with Gasteiger partial charge in [0.15, 0.2) is 17.5 Å². The van der Waals surface area contributed by atoms with Crippen LogP contribution in [0.4, 0.5) is 13.2 Å². The average molecular weight is 269 g/mol. The second-order valence-corrected chi connectivity index (χ2v) is 4.21. The van der Waals surface area contributed by atoms with Crippen LogP contribution >= 0.6 is 0 Å². The van der Waals surface area contributed by atoms with Crippen molar-refractivity contribution in [1.82, 2.24) is 5.32 Å². The highest BCUT2D eigenvalue weighted by Gasteiger charge is 2.16. The van der Waals surface area contributed by atoms with Crippen LogP contribution in [0, 0.1) is 17.5 Å². The monoisotopic (exact) mass is 269 g/mol. The predicted octanol–water partition coefficient (Wildman–Crippen LogP) is 4.03.